The Morgan fingerprint density at radius 1 is 1.00 bits per heavy atom. The van der Waals surface area contributed by atoms with Crippen molar-refractivity contribution >= 4 is 33.2 Å². The van der Waals surface area contributed by atoms with E-state index < -0.39 is 15.6 Å². The van der Waals surface area contributed by atoms with E-state index >= 15 is 0 Å². The topological polar surface area (TPSA) is 130 Å². The highest BCUT2D eigenvalue weighted by Gasteiger charge is 2.37. The molecule has 0 aliphatic carbocycles. The number of fused-ring (bicyclic) bond motifs is 4. The van der Waals surface area contributed by atoms with Gasteiger partial charge in [0.25, 0.3) is 21.5 Å². The van der Waals surface area contributed by atoms with Gasteiger partial charge in [0.2, 0.25) is 5.91 Å². The zero-order valence-electron chi connectivity index (χ0n) is 19.5. The fourth-order valence-electron chi connectivity index (χ4n) is 4.96. The minimum absolute atomic E-state index is 0.0233. The summed E-state index contributed by atoms with van der Waals surface area (Å²) in [5.74, 6) is -0.338. The molecule has 0 radical (unpaired) electrons. The number of anilines is 2. The highest BCUT2D eigenvalue weighted by molar-refractivity contribution is 7.92. The number of nitrogens with one attached hydrogen (secondary N) is 2. The van der Waals surface area contributed by atoms with Crippen LogP contribution in [0.2, 0.25) is 0 Å². The van der Waals surface area contributed by atoms with Crippen molar-refractivity contribution < 1.29 is 18.0 Å². The second-order valence-corrected chi connectivity index (χ2v) is 10.8. The number of likely N-dealkylation sites (tertiary alicyclic amines) is 1. The molecule has 0 unspecified atom stereocenters. The van der Waals surface area contributed by atoms with Gasteiger partial charge >= 0.3 is 0 Å². The molecule has 2 bridgehead atoms. The lowest BCUT2D eigenvalue weighted by molar-refractivity contribution is -0.114. The van der Waals surface area contributed by atoms with Crippen molar-refractivity contribution in [3.8, 4) is 0 Å². The van der Waals surface area contributed by atoms with Crippen molar-refractivity contribution in [3.63, 3.8) is 0 Å². The number of hydrogen-bond acceptors (Lipinski definition) is 6. The molecule has 2 atom stereocenters. The van der Waals surface area contributed by atoms with Crippen LogP contribution in [0.15, 0.2) is 70.5 Å². The van der Waals surface area contributed by atoms with E-state index in [0.717, 1.165) is 12.1 Å². The number of pyridine rings is 2. The minimum atomic E-state index is -4.01. The normalized spacial score (nSPS) is 18.8. The zero-order valence-corrected chi connectivity index (χ0v) is 20.4. The third-order valence-electron chi connectivity index (χ3n) is 6.50. The van der Waals surface area contributed by atoms with Gasteiger partial charge in [0.15, 0.2) is 0 Å². The van der Waals surface area contributed by atoms with Gasteiger partial charge in [0.05, 0.1) is 4.90 Å². The fourth-order valence-corrected chi connectivity index (χ4v) is 6.02. The van der Waals surface area contributed by atoms with E-state index in [0.29, 0.717) is 31.0 Å². The Morgan fingerprint density at radius 2 is 1.78 bits per heavy atom. The Labute approximate surface area is 208 Å². The number of carbonyl (C=O) groups excluding carboxylic acids is 2. The number of nitrogens with zero attached hydrogens (tertiary/aromatic N) is 3. The lowest BCUT2D eigenvalue weighted by Crippen LogP contribution is -2.49. The number of benzene rings is 1. The number of piperidine rings is 1. The van der Waals surface area contributed by atoms with Crippen molar-refractivity contribution in [3.05, 3.63) is 82.5 Å². The molecule has 0 spiro atoms. The summed E-state index contributed by atoms with van der Waals surface area (Å²) in [5.41, 5.74) is 1.20. The van der Waals surface area contributed by atoms with Gasteiger partial charge in [-0.2, -0.15) is 0 Å². The van der Waals surface area contributed by atoms with Crippen molar-refractivity contribution in [1.82, 2.24) is 14.5 Å². The Morgan fingerprint density at radius 3 is 2.47 bits per heavy atom. The predicted molar refractivity (Wildman–Crippen MR) is 133 cm³/mol. The van der Waals surface area contributed by atoms with Gasteiger partial charge in [0.1, 0.15) is 11.4 Å². The van der Waals surface area contributed by atoms with Crippen molar-refractivity contribution in [2.24, 2.45) is 5.92 Å². The monoisotopic (exact) mass is 507 g/mol. The summed E-state index contributed by atoms with van der Waals surface area (Å²) in [6, 6.07) is 14.2. The van der Waals surface area contributed by atoms with E-state index in [-0.39, 0.29) is 34.2 Å². The summed E-state index contributed by atoms with van der Waals surface area (Å²) in [6.07, 6.45) is 2.45. The van der Waals surface area contributed by atoms with Crippen LogP contribution >= 0.6 is 0 Å². The molecule has 4 heterocycles. The van der Waals surface area contributed by atoms with E-state index in [2.05, 4.69) is 15.0 Å². The third kappa shape index (κ3) is 4.61. The maximum Gasteiger partial charge on any atom is 0.275 e. The molecular weight excluding hydrogens is 482 g/mol. The molecule has 1 aromatic carbocycles. The number of aromatic nitrogens is 2. The van der Waals surface area contributed by atoms with Crippen LogP contribution in [0.1, 0.15) is 35.4 Å². The third-order valence-corrected chi connectivity index (χ3v) is 7.89. The van der Waals surface area contributed by atoms with Crippen LogP contribution in [-0.4, -0.2) is 47.8 Å². The predicted octanol–water partition coefficient (Wildman–Crippen LogP) is 2.26. The number of carbonyl (C=O) groups is 2. The summed E-state index contributed by atoms with van der Waals surface area (Å²) < 4.78 is 29.8. The van der Waals surface area contributed by atoms with Gasteiger partial charge in [-0.15, -0.1) is 0 Å². The molecule has 2 aliphatic rings. The lowest BCUT2D eigenvalue weighted by Gasteiger charge is -2.42. The molecule has 36 heavy (non-hydrogen) atoms. The Hall–Kier alpha value is -3.99. The maximum absolute atomic E-state index is 13.3. The van der Waals surface area contributed by atoms with Gasteiger partial charge < -0.3 is 14.8 Å². The van der Waals surface area contributed by atoms with Gasteiger partial charge in [0, 0.05) is 50.1 Å². The average molecular weight is 508 g/mol. The van der Waals surface area contributed by atoms with Crippen LogP contribution in [0.4, 0.5) is 11.4 Å². The molecule has 0 saturated carbocycles. The highest BCUT2D eigenvalue weighted by atomic mass is 32.2. The summed E-state index contributed by atoms with van der Waals surface area (Å²) in [5, 5.41) is 2.58. The van der Waals surface area contributed by atoms with E-state index in [9.17, 15) is 22.8 Å². The van der Waals surface area contributed by atoms with Gasteiger partial charge in [-0.05, 0) is 60.9 Å². The van der Waals surface area contributed by atoms with E-state index in [1.54, 1.807) is 39.9 Å². The minimum Gasteiger partial charge on any atom is -0.336 e. The Kier molecular flexibility index (Phi) is 6.09. The number of hydrogen-bond donors (Lipinski definition) is 2. The second-order valence-electron chi connectivity index (χ2n) is 9.12. The smallest absolute Gasteiger partial charge is 0.275 e. The molecule has 11 heteroatoms. The largest absolute Gasteiger partial charge is 0.336 e. The summed E-state index contributed by atoms with van der Waals surface area (Å²) in [6.45, 7) is 2.74. The maximum atomic E-state index is 13.3. The summed E-state index contributed by atoms with van der Waals surface area (Å²) in [4.78, 5) is 43.3. The first-order chi connectivity index (χ1) is 17.2. The number of rotatable bonds is 5. The molecule has 3 aromatic rings. The number of sulfonamides is 1. The Bertz CT molecular complexity index is 1490. The van der Waals surface area contributed by atoms with Gasteiger partial charge in [-0.25, -0.2) is 8.42 Å². The molecule has 2 aromatic heterocycles. The molecule has 1 fully saturated rings. The Balaban J connectivity index is 1.36. The highest BCUT2D eigenvalue weighted by Crippen LogP contribution is 2.36. The van der Waals surface area contributed by atoms with Crippen LogP contribution < -0.4 is 15.6 Å². The first kappa shape index (κ1) is 23.7. The van der Waals surface area contributed by atoms with Crippen LogP contribution in [-0.2, 0) is 21.4 Å². The van der Waals surface area contributed by atoms with Crippen LogP contribution in [0, 0.1) is 5.92 Å². The zero-order chi connectivity index (χ0) is 25.4. The van der Waals surface area contributed by atoms with Crippen LogP contribution in [0.3, 0.4) is 0 Å². The summed E-state index contributed by atoms with van der Waals surface area (Å²) >= 11 is 0. The van der Waals surface area contributed by atoms with E-state index in [1.807, 2.05) is 0 Å². The second kappa shape index (κ2) is 9.23. The standard InChI is InChI=1S/C25H25N5O5S/c1-16(31)27-19-5-7-20(8-6-19)36(34,35)28-22-9-10-23-18-12-17(14-30(23)25(22)33)13-29(15-18)24(32)21-4-2-3-11-26-21/h2-11,17-18,28H,12-15H2,1H3,(H,27,31)/t17-,18-/m1/s1. The molecule has 2 N–H and O–H groups in total. The average Bonchev–Trinajstić information content (AvgIpc) is 2.86. The van der Waals surface area contributed by atoms with Gasteiger partial charge in [-0.1, -0.05) is 6.07 Å². The fraction of sp³-hybridized carbons (Fsp3) is 0.280. The number of amides is 2. The summed E-state index contributed by atoms with van der Waals surface area (Å²) in [7, 11) is -4.01. The van der Waals surface area contributed by atoms with Gasteiger partial charge in [-0.3, -0.25) is 24.1 Å². The van der Waals surface area contributed by atoms with E-state index in [1.165, 1.54) is 37.3 Å². The molecule has 2 amide bonds. The molecule has 2 aliphatic heterocycles. The van der Waals surface area contributed by atoms with Crippen molar-refractivity contribution in [2.45, 2.75) is 30.7 Å². The molecule has 186 valence electrons. The van der Waals surface area contributed by atoms with Crippen molar-refractivity contribution in [1.29, 1.82) is 0 Å². The lowest BCUT2D eigenvalue weighted by atomic mass is 9.83. The molecule has 1 saturated heterocycles. The first-order valence-corrected chi connectivity index (χ1v) is 13.0. The van der Waals surface area contributed by atoms with Crippen LogP contribution in [0.5, 0.6) is 0 Å². The first-order valence-electron chi connectivity index (χ1n) is 11.6. The molecule has 5 rings (SSSR count). The van der Waals surface area contributed by atoms with E-state index in [4.69, 9.17) is 0 Å². The quantitative estimate of drug-likeness (QED) is 0.545. The van der Waals surface area contributed by atoms with Crippen LogP contribution in [0.25, 0.3) is 0 Å². The molecular formula is C25H25N5O5S. The SMILES string of the molecule is CC(=O)Nc1ccc(S(=O)(=O)Nc2ccc3n(c2=O)C[C@@H]2C[C@@H]3CN(C(=O)c3ccccn3)C2)cc1. The van der Waals surface area contributed by atoms with Crippen molar-refractivity contribution in [2.75, 3.05) is 23.1 Å². The molecule has 10 nitrogen and oxygen atoms in total.